The first-order valence-electron chi connectivity index (χ1n) is 6.02. The molecule has 0 fully saturated rings. The van der Waals surface area contributed by atoms with E-state index in [2.05, 4.69) is 0 Å². The lowest BCUT2D eigenvalue weighted by atomic mass is 10.1. The standard InChI is InChI=1S/C11H18F5NO2S/c1-7(2)19-8(3)5-4-6-9(18)17-20-11(15,16)10(12,13)14/h7-8H,4-6H2,1-3H3,(H,17,18). The highest BCUT2D eigenvalue weighted by molar-refractivity contribution is 7.99. The molecule has 3 nitrogen and oxygen atoms in total. The van der Waals surface area contributed by atoms with Gasteiger partial charge in [0.05, 0.1) is 12.2 Å². The average molecular weight is 323 g/mol. The van der Waals surface area contributed by atoms with Gasteiger partial charge in [0.2, 0.25) is 5.91 Å². The fraction of sp³-hybridized carbons (Fsp3) is 0.909. The Morgan fingerprint density at radius 1 is 1.20 bits per heavy atom. The van der Waals surface area contributed by atoms with Gasteiger partial charge in [0.15, 0.2) is 0 Å². The Hall–Kier alpha value is -0.570. The monoisotopic (exact) mass is 323 g/mol. The summed E-state index contributed by atoms with van der Waals surface area (Å²) in [6.07, 6.45) is -5.03. The van der Waals surface area contributed by atoms with Gasteiger partial charge in [0.1, 0.15) is 0 Å². The number of hydrogen-bond acceptors (Lipinski definition) is 3. The molecular weight excluding hydrogens is 305 g/mol. The van der Waals surface area contributed by atoms with E-state index in [-0.39, 0.29) is 18.6 Å². The predicted octanol–water partition coefficient (Wildman–Crippen LogP) is 3.89. The van der Waals surface area contributed by atoms with Crippen molar-refractivity contribution in [3.05, 3.63) is 0 Å². The number of carbonyl (C=O) groups is 1. The largest absolute Gasteiger partial charge is 0.465 e. The van der Waals surface area contributed by atoms with Crippen LogP contribution in [0.15, 0.2) is 0 Å². The molecule has 0 heterocycles. The minimum Gasteiger partial charge on any atom is -0.376 e. The van der Waals surface area contributed by atoms with E-state index < -0.39 is 29.3 Å². The third-order valence-electron chi connectivity index (χ3n) is 2.14. The zero-order chi connectivity index (χ0) is 16.0. The number of rotatable bonds is 8. The van der Waals surface area contributed by atoms with Crippen molar-refractivity contribution < 1.29 is 31.5 Å². The number of hydrogen-bond donors (Lipinski definition) is 1. The summed E-state index contributed by atoms with van der Waals surface area (Å²) >= 11 is -0.926. The fourth-order valence-electron chi connectivity index (χ4n) is 1.31. The molecule has 0 aromatic rings. The summed E-state index contributed by atoms with van der Waals surface area (Å²) in [7, 11) is 0. The Morgan fingerprint density at radius 3 is 2.20 bits per heavy atom. The van der Waals surface area contributed by atoms with Crippen molar-refractivity contribution in [2.24, 2.45) is 0 Å². The molecule has 1 N–H and O–H groups in total. The molecule has 1 atom stereocenters. The summed E-state index contributed by atoms with van der Waals surface area (Å²) in [6, 6.07) is 0. The zero-order valence-corrected chi connectivity index (χ0v) is 12.2. The zero-order valence-electron chi connectivity index (χ0n) is 11.4. The molecule has 1 unspecified atom stereocenters. The highest BCUT2D eigenvalue weighted by Crippen LogP contribution is 2.42. The molecule has 0 radical (unpaired) electrons. The summed E-state index contributed by atoms with van der Waals surface area (Å²) in [4.78, 5) is 11.1. The second-order valence-electron chi connectivity index (χ2n) is 4.53. The van der Waals surface area contributed by atoms with E-state index in [0.717, 1.165) is 0 Å². The molecule has 0 aromatic heterocycles. The molecule has 9 heteroatoms. The van der Waals surface area contributed by atoms with Gasteiger partial charge in [-0.05, 0) is 33.6 Å². The van der Waals surface area contributed by atoms with Crippen molar-refractivity contribution in [1.29, 1.82) is 0 Å². The third kappa shape index (κ3) is 7.88. The molecule has 0 bridgehead atoms. The Balaban J connectivity index is 3.91. The second-order valence-corrected chi connectivity index (χ2v) is 5.45. The highest BCUT2D eigenvalue weighted by Gasteiger charge is 2.59. The molecule has 0 aliphatic rings. The number of ether oxygens (including phenoxy) is 1. The number of carbonyl (C=O) groups excluding carboxylic acids is 1. The maximum atomic E-state index is 12.5. The van der Waals surface area contributed by atoms with Gasteiger partial charge in [-0.15, -0.1) is 0 Å². The average Bonchev–Trinajstić information content (AvgIpc) is 2.23. The lowest BCUT2D eigenvalue weighted by Gasteiger charge is -2.18. The first-order valence-corrected chi connectivity index (χ1v) is 6.84. The van der Waals surface area contributed by atoms with Crippen molar-refractivity contribution in [3.63, 3.8) is 0 Å². The molecule has 0 saturated carbocycles. The lowest BCUT2D eigenvalue weighted by molar-refractivity contribution is -0.237. The maximum Gasteiger partial charge on any atom is 0.465 e. The van der Waals surface area contributed by atoms with E-state index in [0.29, 0.717) is 12.8 Å². The molecule has 0 saturated heterocycles. The molecule has 0 aromatic carbocycles. The normalized spacial score (nSPS) is 14.4. The van der Waals surface area contributed by atoms with Crippen LogP contribution in [-0.2, 0) is 9.53 Å². The van der Waals surface area contributed by atoms with Crippen LogP contribution in [-0.4, -0.2) is 29.5 Å². The van der Waals surface area contributed by atoms with E-state index in [4.69, 9.17) is 4.74 Å². The van der Waals surface area contributed by atoms with Gasteiger partial charge < -0.3 is 4.74 Å². The van der Waals surface area contributed by atoms with Crippen molar-refractivity contribution in [1.82, 2.24) is 4.72 Å². The second kappa shape index (κ2) is 8.02. The van der Waals surface area contributed by atoms with Crippen molar-refractivity contribution >= 4 is 17.9 Å². The van der Waals surface area contributed by atoms with Crippen LogP contribution in [0.4, 0.5) is 22.0 Å². The van der Waals surface area contributed by atoms with Crippen LogP contribution in [0.1, 0.15) is 40.0 Å². The van der Waals surface area contributed by atoms with Gasteiger partial charge in [-0.3, -0.25) is 9.52 Å². The minimum absolute atomic E-state index is 0.0276. The Kier molecular flexibility index (Phi) is 7.79. The van der Waals surface area contributed by atoms with E-state index in [9.17, 15) is 26.7 Å². The summed E-state index contributed by atoms with van der Waals surface area (Å²) in [5, 5.41) is -4.99. The predicted molar refractivity (Wildman–Crippen MR) is 66.3 cm³/mol. The van der Waals surface area contributed by atoms with Crippen LogP contribution < -0.4 is 4.72 Å². The van der Waals surface area contributed by atoms with Crippen molar-refractivity contribution in [3.8, 4) is 0 Å². The molecule has 0 aliphatic carbocycles. The van der Waals surface area contributed by atoms with Crippen molar-refractivity contribution in [2.45, 2.75) is 63.7 Å². The smallest absolute Gasteiger partial charge is 0.376 e. The number of halogens is 5. The Labute approximate surface area is 118 Å². The first-order chi connectivity index (χ1) is 8.95. The molecule has 0 spiro atoms. The molecule has 20 heavy (non-hydrogen) atoms. The quantitative estimate of drug-likeness (QED) is 0.544. The van der Waals surface area contributed by atoms with Gasteiger partial charge >= 0.3 is 11.4 Å². The summed E-state index contributed by atoms with van der Waals surface area (Å²) < 4.78 is 67.3. The van der Waals surface area contributed by atoms with Crippen LogP contribution in [0.2, 0.25) is 0 Å². The van der Waals surface area contributed by atoms with E-state index in [1.54, 1.807) is 6.92 Å². The van der Waals surface area contributed by atoms with Gasteiger partial charge in [-0.25, -0.2) is 0 Å². The number of alkyl halides is 5. The van der Waals surface area contributed by atoms with Gasteiger partial charge in [-0.1, -0.05) is 0 Å². The first kappa shape index (κ1) is 19.4. The minimum atomic E-state index is -5.69. The molecule has 1 amide bonds. The van der Waals surface area contributed by atoms with Gasteiger partial charge in [0, 0.05) is 18.4 Å². The van der Waals surface area contributed by atoms with Crippen LogP contribution in [0, 0.1) is 0 Å². The summed E-state index contributed by atoms with van der Waals surface area (Å²) in [5.74, 6) is -0.865. The van der Waals surface area contributed by atoms with Gasteiger partial charge in [-0.2, -0.15) is 22.0 Å². The van der Waals surface area contributed by atoms with Crippen LogP contribution in [0.25, 0.3) is 0 Å². The SMILES string of the molecule is CC(C)OC(C)CCCC(=O)NSC(F)(F)C(F)(F)F. The van der Waals surface area contributed by atoms with E-state index in [1.807, 2.05) is 13.8 Å². The number of amides is 1. The maximum absolute atomic E-state index is 12.5. The van der Waals surface area contributed by atoms with E-state index in [1.165, 1.54) is 4.72 Å². The highest BCUT2D eigenvalue weighted by atomic mass is 32.2. The lowest BCUT2D eigenvalue weighted by Crippen LogP contribution is -2.36. The third-order valence-corrected chi connectivity index (χ3v) is 2.96. The molecular formula is C11H18F5NO2S. The van der Waals surface area contributed by atoms with Crippen molar-refractivity contribution in [2.75, 3.05) is 0 Å². The fourth-order valence-corrected chi connectivity index (χ4v) is 1.77. The summed E-state index contributed by atoms with van der Waals surface area (Å²) in [5.41, 5.74) is 0. The Bertz CT molecular complexity index is 310. The topological polar surface area (TPSA) is 38.3 Å². The molecule has 0 aliphatic heterocycles. The number of nitrogens with one attached hydrogen (secondary N) is 1. The molecule has 120 valence electrons. The molecule has 0 rings (SSSR count). The van der Waals surface area contributed by atoms with Gasteiger partial charge in [0.25, 0.3) is 0 Å². The van der Waals surface area contributed by atoms with Crippen LogP contribution in [0.3, 0.4) is 0 Å². The summed E-state index contributed by atoms with van der Waals surface area (Å²) in [6.45, 7) is 5.49. The Morgan fingerprint density at radius 2 is 1.75 bits per heavy atom. The van der Waals surface area contributed by atoms with E-state index >= 15 is 0 Å². The van der Waals surface area contributed by atoms with Crippen LogP contribution >= 0.6 is 11.9 Å². The van der Waals surface area contributed by atoms with Crippen LogP contribution in [0.5, 0.6) is 0 Å².